The van der Waals surface area contributed by atoms with Gasteiger partial charge in [-0.05, 0) is 42.7 Å². The summed E-state index contributed by atoms with van der Waals surface area (Å²) in [6, 6.07) is 6.76. The van der Waals surface area contributed by atoms with Crippen molar-refractivity contribution >= 4 is 40.9 Å². The molecule has 2 rings (SSSR count). The molecule has 1 unspecified atom stereocenters. The Balaban J connectivity index is 2.04. The van der Waals surface area contributed by atoms with Crippen LogP contribution in [0.2, 0.25) is 10.0 Å². The maximum atomic E-state index is 12.5. The van der Waals surface area contributed by atoms with E-state index < -0.39 is 23.8 Å². The van der Waals surface area contributed by atoms with E-state index in [2.05, 4.69) is 21.2 Å². The van der Waals surface area contributed by atoms with Gasteiger partial charge in [-0.2, -0.15) is 0 Å². The maximum absolute atomic E-state index is 12.5. The van der Waals surface area contributed by atoms with Crippen LogP contribution in [0.5, 0.6) is 0 Å². The van der Waals surface area contributed by atoms with Crippen LogP contribution in [0, 0.1) is 5.92 Å². The molecular weight excluding hydrogens is 403 g/mol. The molecule has 0 spiro atoms. The lowest BCUT2D eigenvalue weighted by atomic mass is 10.0. The quantitative estimate of drug-likeness (QED) is 0.622. The molecular formula is C19H20Cl2N4O3. The first-order valence-electron chi connectivity index (χ1n) is 8.54. The number of halogens is 2. The summed E-state index contributed by atoms with van der Waals surface area (Å²) < 4.78 is 0. The van der Waals surface area contributed by atoms with Crippen LogP contribution in [0.3, 0.4) is 0 Å². The molecule has 0 fully saturated rings. The number of carbonyl (C=O) groups is 3. The van der Waals surface area contributed by atoms with Crippen molar-refractivity contribution in [1.82, 2.24) is 21.2 Å². The molecule has 2 aromatic rings. The number of pyridine rings is 1. The van der Waals surface area contributed by atoms with Crippen molar-refractivity contribution in [2.24, 2.45) is 5.92 Å². The number of hydrogen-bond donors (Lipinski definition) is 3. The fourth-order valence-corrected chi connectivity index (χ4v) is 2.88. The average molecular weight is 423 g/mol. The monoisotopic (exact) mass is 422 g/mol. The van der Waals surface area contributed by atoms with E-state index in [0.717, 1.165) is 0 Å². The lowest BCUT2D eigenvalue weighted by Crippen LogP contribution is -2.52. The minimum absolute atomic E-state index is 0.116. The van der Waals surface area contributed by atoms with Crippen LogP contribution in [0.15, 0.2) is 42.7 Å². The molecule has 0 aliphatic heterocycles. The van der Waals surface area contributed by atoms with E-state index in [4.69, 9.17) is 23.2 Å². The van der Waals surface area contributed by atoms with Crippen LogP contribution in [-0.2, 0) is 4.79 Å². The molecule has 3 amide bonds. The second-order valence-electron chi connectivity index (χ2n) is 6.46. The molecule has 0 saturated heterocycles. The Hall–Kier alpha value is -2.64. The molecule has 1 heterocycles. The average Bonchev–Trinajstić information content (AvgIpc) is 2.65. The van der Waals surface area contributed by atoms with E-state index in [1.807, 2.05) is 13.8 Å². The highest BCUT2D eigenvalue weighted by Crippen LogP contribution is 2.21. The second kappa shape index (κ2) is 10.1. The van der Waals surface area contributed by atoms with Crippen molar-refractivity contribution in [3.05, 3.63) is 63.9 Å². The van der Waals surface area contributed by atoms with Gasteiger partial charge < -0.3 is 5.32 Å². The van der Waals surface area contributed by atoms with Gasteiger partial charge in [-0.25, -0.2) is 0 Å². The number of aromatic nitrogens is 1. The SMILES string of the molecule is CC(C)CC(NC(=O)c1ccc(Cl)cc1Cl)C(=O)NNC(=O)c1cccnc1. The zero-order chi connectivity index (χ0) is 20.7. The minimum atomic E-state index is -0.867. The number of rotatable bonds is 6. The molecule has 0 saturated carbocycles. The van der Waals surface area contributed by atoms with Gasteiger partial charge in [0.25, 0.3) is 17.7 Å². The van der Waals surface area contributed by atoms with Gasteiger partial charge in [0, 0.05) is 17.4 Å². The fourth-order valence-electron chi connectivity index (χ4n) is 2.39. The van der Waals surface area contributed by atoms with E-state index in [0.29, 0.717) is 17.0 Å². The number of hydrazine groups is 1. The largest absolute Gasteiger partial charge is 0.340 e. The Morgan fingerprint density at radius 1 is 1.07 bits per heavy atom. The summed E-state index contributed by atoms with van der Waals surface area (Å²) in [5.74, 6) is -1.46. The molecule has 7 nitrogen and oxygen atoms in total. The van der Waals surface area contributed by atoms with Gasteiger partial charge in [-0.15, -0.1) is 0 Å². The third-order valence-electron chi connectivity index (χ3n) is 3.73. The van der Waals surface area contributed by atoms with Gasteiger partial charge in [0.1, 0.15) is 6.04 Å². The van der Waals surface area contributed by atoms with Crippen molar-refractivity contribution in [2.75, 3.05) is 0 Å². The van der Waals surface area contributed by atoms with Crippen LogP contribution in [0.1, 0.15) is 41.0 Å². The topological polar surface area (TPSA) is 100 Å². The molecule has 9 heteroatoms. The first-order valence-corrected chi connectivity index (χ1v) is 9.29. The van der Waals surface area contributed by atoms with Crippen molar-refractivity contribution < 1.29 is 14.4 Å². The van der Waals surface area contributed by atoms with Crippen LogP contribution in [0.25, 0.3) is 0 Å². The maximum Gasteiger partial charge on any atom is 0.271 e. The van der Waals surface area contributed by atoms with Gasteiger partial charge in [-0.1, -0.05) is 37.0 Å². The number of nitrogens with one attached hydrogen (secondary N) is 3. The van der Waals surface area contributed by atoms with Crippen molar-refractivity contribution in [3.63, 3.8) is 0 Å². The zero-order valence-electron chi connectivity index (χ0n) is 15.3. The van der Waals surface area contributed by atoms with Crippen molar-refractivity contribution in [2.45, 2.75) is 26.3 Å². The van der Waals surface area contributed by atoms with E-state index in [9.17, 15) is 14.4 Å². The summed E-state index contributed by atoms with van der Waals surface area (Å²) in [5.41, 5.74) is 5.14. The van der Waals surface area contributed by atoms with E-state index >= 15 is 0 Å². The van der Waals surface area contributed by atoms with Crippen molar-refractivity contribution in [1.29, 1.82) is 0 Å². The fraction of sp³-hybridized carbons (Fsp3) is 0.263. The molecule has 28 heavy (non-hydrogen) atoms. The van der Waals surface area contributed by atoms with Gasteiger partial charge in [-0.3, -0.25) is 30.2 Å². The Kier molecular flexibility index (Phi) is 7.78. The van der Waals surface area contributed by atoms with Crippen LogP contribution in [0.4, 0.5) is 0 Å². The lowest BCUT2D eigenvalue weighted by molar-refractivity contribution is -0.124. The normalized spacial score (nSPS) is 11.6. The predicted octanol–water partition coefficient (Wildman–Crippen LogP) is 2.99. The highest BCUT2D eigenvalue weighted by molar-refractivity contribution is 6.36. The Bertz CT molecular complexity index is 860. The molecule has 0 bridgehead atoms. The van der Waals surface area contributed by atoms with Gasteiger partial charge in [0.15, 0.2) is 0 Å². The van der Waals surface area contributed by atoms with Gasteiger partial charge >= 0.3 is 0 Å². The molecule has 0 aliphatic rings. The summed E-state index contributed by atoms with van der Waals surface area (Å²) in [7, 11) is 0. The highest BCUT2D eigenvalue weighted by atomic mass is 35.5. The van der Waals surface area contributed by atoms with Crippen LogP contribution in [-0.4, -0.2) is 28.7 Å². The number of amides is 3. The summed E-state index contributed by atoms with van der Waals surface area (Å²) in [4.78, 5) is 40.9. The summed E-state index contributed by atoms with van der Waals surface area (Å²) in [6.45, 7) is 3.83. The van der Waals surface area contributed by atoms with Gasteiger partial charge in [0.05, 0.1) is 16.1 Å². The number of hydrogen-bond acceptors (Lipinski definition) is 4. The summed E-state index contributed by atoms with van der Waals surface area (Å²) in [5, 5.41) is 3.22. The molecule has 1 aromatic heterocycles. The minimum Gasteiger partial charge on any atom is -0.340 e. The Morgan fingerprint density at radius 3 is 2.43 bits per heavy atom. The number of benzene rings is 1. The summed E-state index contributed by atoms with van der Waals surface area (Å²) >= 11 is 11.9. The molecule has 0 radical (unpaired) electrons. The van der Waals surface area contributed by atoms with E-state index in [-0.39, 0.29) is 16.5 Å². The van der Waals surface area contributed by atoms with Crippen molar-refractivity contribution in [3.8, 4) is 0 Å². The van der Waals surface area contributed by atoms with Crippen LogP contribution >= 0.6 is 23.2 Å². The Morgan fingerprint density at radius 2 is 1.82 bits per heavy atom. The smallest absolute Gasteiger partial charge is 0.271 e. The van der Waals surface area contributed by atoms with E-state index in [1.165, 1.54) is 30.6 Å². The van der Waals surface area contributed by atoms with Gasteiger partial charge in [0.2, 0.25) is 0 Å². The third kappa shape index (κ3) is 6.21. The second-order valence-corrected chi connectivity index (χ2v) is 7.31. The molecule has 148 valence electrons. The lowest BCUT2D eigenvalue weighted by Gasteiger charge is -2.20. The standard InChI is InChI=1S/C19H20Cl2N4O3/c1-11(2)8-16(23-18(27)14-6-5-13(20)9-15(14)21)19(28)25-24-17(26)12-4-3-7-22-10-12/h3-7,9-11,16H,8H2,1-2H3,(H,23,27)(H,24,26)(H,25,28). The highest BCUT2D eigenvalue weighted by Gasteiger charge is 2.24. The first kappa shape index (κ1) is 21.7. The number of carbonyl (C=O) groups excluding carboxylic acids is 3. The molecule has 1 atom stereocenters. The molecule has 3 N–H and O–H groups in total. The van der Waals surface area contributed by atoms with E-state index in [1.54, 1.807) is 12.1 Å². The first-order chi connectivity index (χ1) is 13.3. The molecule has 0 aliphatic carbocycles. The summed E-state index contributed by atoms with van der Waals surface area (Å²) in [6.07, 6.45) is 3.27. The molecule has 1 aromatic carbocycles. The Labute approximate surface area is 172 Å². The van der Waals surface area contributed by atoms with Crippen LogP contribution < -0.4 is 16.2 Å². The third-order valence-corrected chi connectivity index (χ3v) is 4.28. The zero-order valence-corrected chi connectivity index (χ0v) is 16.8. The number of nitrogens with zero attached hydrogens (tertiary/aromatic N) is 1. The predicted molar refractivity (Wildman–Crippen MR) is 107 cm³/mol.